The number of nitrogens with zero attached hydrogens (tertiary/aromatic N) is 5. The van der Waals surface area contributed by atoms with E-state index in [0.717, 1.165) is 49.7 Å². The number of rotatable bonds is 5. The Bertz CT molecular complexity index is 2380. The van der Waals surface area contributed by atoms with E-state index in [0.29, 0.717) is 23.0 Å². The Labute approximate surface area is 266 Å². The molecule has 46 heavy (non-hydrogen) atoms. The Morgan fingerprint density at radius 1 is 0.500 bits per heavy atom. The van der Waals surface area contributed by atoms with Crippen LogP contribution in [0.1, 0.15) is 11.1 Å². The molecule has 0 aliphatic rings. The average molecular weight is 590 g/mol. The van der Waals surface area contributed by atoms with Gasteiger partial charge in [0.25, 0.3) is 0 Å². The molecular weight excluding hydrogens is 562 g/mol. The average Bonchev–Trinajstić information content (AvgIpc) is 3.45. The van der Waals surface area contributed by atoms with Crippen molar-refractivity contribution in [1.29, 1.82) is 5.26 Å². The van der Waals surface area contributed by atoms with Crippen molar-refractivity contribution in [1.82, 2.24) is 19.5 Å². The van der Waals surface area contributed by atoms with Crippen LogP contribution in [0.15, 0.2) is 146 Å². The van der Waals surface area contributed by atoms with Crippen molar-refractivity contribution in [3.63, 3.8) is 0 Å². The molecule has 0 bridgehead atoms. The van der Waals surface area contributed by atoms with Crippen molar-refractivity contribution in [2.75, 3.05) is 0 Å². The number of hydrogen-bond acceptors (Lipinski definition) is 4. The normalized spacial score (nSPS) is 11.1. The van der Waals surface area contributed by atoms with Crippen LogP contribution in [0.4, 0.5) is 0 Å². The summed E-state index contributed by atoms with van der Waals surface area (Å²) in [6, 6.07) is 51.6. The minimum absolute atomic E-state index is 0.537. The van der Waals surface area contributed by atoms with Gasteiger partial charge in [-0.1, -0.05) is 115 Å². The minimum Gasteiger partial charge on any atom is -0.308 e. The molecule has 0 radical (unpaired) electrons. The van der Waals surface area contributed by atoms with Gasteiger partial charge in [0.15, 0.2) is 17.5 Å². The molecule has 6 aromatic carbocycles. The molecule has 0 saturated heterocycles. The summed E-state index contributed by atoms with van der Waals surface area (Å²) >= 11 is 0. The van der Waals surface area contributed by atoms with E-state index in [1.54, 1.807) is 0 Å². The summed E-state index contributed by atoms with van der Waals surface area (Å²) in [5.41, 5.74) is 9.63. The lowest BCUT2D eigenvalue weighted by atomic mass is 10.0. The molecule has 0 amide bonds. The van der Waals surface area contributed by atoms with Gasteiger partial charge < -0.3 is 4.57 Å². The third-order valence-electron chi connectivity index (χ3n) is 8.33. The molecule has 0 N–H and O–H groups in total. The number of para-hydroxylation sites is 1. The highest BCUT2D eigenvalue weighted by Gasteiger charge is 2.20. The molecule has 0 spiro atoms. The standard InChI is InChI=1S/C41H27N5/c1-27-11-10-16-31(23-27)32-20-22-37-35(25-32)33-17-8-9-18-36(33)46(37)38-24-28(26-42)19-21-34(38)41-44-39(29-12-4-2-5-13-29)43-40(45-41)30-14-6-3-7-15-30/h2-25H,1H3. The molecule has 2 heterocycles. The molecule has 5 heteroatoms. The van der Waals surface area contributed by atoms with Gasteiger partial charge in [-0.2, -0.15) is 5.26 Å². The van der Waals surface area contributed by atoms with Gasteiger partial charge in [0, 0.05) is 27.5 Å². The highest BCUT2D eigenvalue weighted by Crippen LogP contribution is 2.38. The fourth-order valence-electron chi connectivity index (χ4n) is 6.14. The molecule has 216 valence electrons. The van der Waals surface area contributed by atoms with E-state index in [9.17, 15) is 5.26 Å². The van der Waals surface area contributed by atoms with Crippen molar-refractivity contribution in [2.24, 2.45) is 0 Å². The highest BCUT2D eigenvalue weighted by molar-refractivity contribution is 6.11. The summed E-state index contributed by atoms with van der Waals surface area (Å²) in [7, 11) is 0. The minimum atomic E-state index is 0.537. The van der Waals surface area contributed by atoms with E-state index < -0.39 is 0 Å². The maximum atomic E-state index is 10.0. The summed E-state index contributed by atoms with van der Waals surface area (Å²) in [4.78, 5) is 14.9. The number of nitriles is 1. The molecular formula is C41H27N5. The SMILES string of the molecule is Cc1cccc(-c2ccc3c(c2)c2ccccc2n3-c2cc(C#N)ccc2-c2nc(-c3ccccc3)nc(-c3ccccc3)n2)c1. The zero-order chi connectivity index (χ0) is 31.0. The number of hydrogen-bond donors (Lipinski definition) is 0. The summed E-state index contributed by atoms with van der Waals surface area (Å²) in [6.07, 6.45) is 0. The van der Waals surface area contributed by atoms with Crippen LogP contribution in [0.5, 0.6) is 0 Å². The number of aryl methyl sites for hydroxylation is 1. The van der Waals surface area contributed by atoms with Gasteiger partial charge in [0.1, 0.15) is 0 Å². The molecule has 0 aliphatic heterocycles. The topological polar surface area (TPSA) is 67.4 Å². The number of benzene rings is 6. The smallest absolute Gasteiger partial charge is 0.166 e. The Hall–Kier alpha value is -6.38. The third kappa shape index (κ3) is 4.79. The Morgan fingerprint density at radius 3 is 1.80 bits per heavy atom. The van der Waals surface area contributed by atoms with Crippen LogP contribution in [0.25, 0.3) is 72.8 Å². The summed E-state index contributed by atoms with van der Waals surface area (Å²) in [5.74, 6) is 1.71. The fraction of sp³-hybridized carbons (Fsp3) is 0.0244. The van der Waals surface area contributed by atoms with Crippen molar-refractivity contribution in [3.8, 4) is 57.0 Å². The van der Waals surface area contributed by atoms with E-state index in [-0.39, 0.29) is 0 Å². The van der Waals surface area contributed by atoms with E-state index in [4.69, 9.17) is 15.0 Å². The molecule has 0 unspecified atom stereocenters. The monoisotopic (exact) mass is 589 g/mol. The first-order valence-corrected chi connectivity index (χ1v) is 15.2. The molecule has 8 aromatic rings. The van der Waals surface area contributed by atoms with Crippen LogP contribution in [-0.2, 0) is 0 Å². The van der Waals surface area contributed by atoms with Crippen LogP contribution in [0.2, 0.25) is 0 Å². The van der Waals surface area contributed by atoms with Crippen LogP contribution < -0.4 is 0 Å². The Balaban J connectivity index is 1.40. The van der Waals surface area contributed by atoms with E-state index in [2.05, 4.69) is 84.3 Å². The quantitative estimate of drug-likeness (QED) is 0.200. The summed E-state index contributed by atoms with van der Waals surface area (Å²) < 4.78 is 2.23. The van der Waals surface area contributed by atoms with E-state index in [1.165, 1.54) is 11.1 Å². The van der Waals surface area contributed by atoms with Gasteiger partial charge in [-0.15, -0.1) is 0 Å². The Morgan fingerprint density at radius 2 is 1.11 bits per heavy atom. The van der Waals surface area contributed by atoms with E-state index in [1.807, 2.05) is 78.9 Å². The fourth-order valence-corrected chi connectivity index (χ4v) is 6.14. The lowest BCUT2D eigenvalue weighted by molar-refractivity contribution is 1.06. The second-order valence-corrected chi connectivity index (χ2v) is 11.3. The summed E-state index contributed by atoms with van der Waals surface area (Å²) in [5, 5.41) is 12.3. The van der Waals surface area contributed by atoms with Gasteiger partial charge in [0.2, 0.25) is 0 Å². The third-order valence-corrected chi connectivity index (χ3v) is 8.33. The van der Waals surface area contributed by atoms with Gasteiger partial charge in [-0.25, -0.2) is 15.0 Å². The first-order valence-electron chi connectivity index (χ1n) is 15.2. The second kappa shape index (κ2) is 11.3. The van der Waals surface area contributed by atoms with Crippen LogP contribution >= 0.6 is 0 Å². The molecule has 0 fully saturated rings. The highest BCUT2D eigenvalue weighted by atomic mass is 15.1. The lowest BCUT2D eigenvalue weighted by Crippen LogP contribution is -2.04. The Kier molecular flexibility index (Phi) is 6.67. The van der Waals surface area contributed by atoms with Crippen molar-refractivity contribution < 1.29 is 0 Å². The summed E-state index contributed by atoms with van der Waals surface area (Å²) in [6.45, 7) is 2.12. The van der Waals surface area contributed by atoms with Gasteiger partial charge in [-0.05, 0) is 54.4 Å². The molecule has 0 atom stereocenters. The van der Waals surface area contributed by atoms with Gasteiger partial charge >= 0.3 is 0 Å². The predicted octanol–water partition coefficient (Wildman–Crippen LogP) is 9.82. The van der Waals surface area contributed by atoms with Crippen LogP contribution in [-0.4, -0.2) is 19.5 Å². The number of fused-ring (bicyclic) bond motifs is 3. The lowest BCUT2D eigenvalue weighted by Gasteiger charge is -2.15. The molecule has 2 aromatic heterocycles. The largest absolute Gasteiger partial charge is 0.308 e. The second-order valence-electron chi connectivity index (χ2n) is 11.3. The molecule has 5 nitrogen and oxygen atoms in total. The zero-order valence-electron chi connectivity index (χ0n) is 25.1. The van der Waals surface area contributed by atoms with Gasteiger partial charge in [-0.3, -0.25) is 0 Å². The van der Waals surface area contributed by atoms with Crippen molar-refractivity contribution >= 4 is 21.8 Å². The maximum Gasteiger partial charge on any atom is 0.166 e. The molecule has 0 aliphatic carbocycles. The first-order chi connectivity index (χ1) is 22.7. The van der Waals surface area contributed by atoms with Crippen molar-refractivity contribution in [2.45, 2.75) is 6.92 Å². The predicted molar refractivity (Wildman–Crippen MR) is 185 cm³/mol. The van der Waals surface area contributed by atoms with Gasteiger partial charge in [0.05, 0.1) is 28.4 Å². The zero-order valence-corrected chi connectivity index (χ0v) is 25.1. The molecule has 0 saturated carbocycles. The molecule has 8 rings (SSSR count). The van der Waals surface area contributed by atoms with Crippen LogP contribution in [0, 0.1) is 18.3 Å². The maximum absolute atomic E-state index is 10.0. The van der Waals surface area contributed by atoms with Crippen molar-refractivity contribution in [3.05, 3.63) is 157 Å². The van der Waals surface area contributed by atoms with E-state index >= 15 is 0 Å². The van der Waals surface area contributed by atoms with Crippen LogP contribution in [0.3, 0.4) is 0 Å². The first kappa shape index (κ1) is 27.2. The number of aromatic nitrogens is 4.